The molecule has 2 heterocycles. The van der Waals surface area contributed by atoms with Gasteiger partial charge in [-0.05, 0) is 45.1 Å². The van der Waals surface area contributed by atoms with E-state index >= 15 is 0 Å². The number of carboxylic acid groups (broad SMARTS) is 1. The molecule has 4 rings (SSSR count). The lowest BCUT2D eigenvalue weighted by atomic mass is 9.89. The highest BCUT2D eigenvalue weighted by molar-refractivity contribution is 7.13. The lowest BCUT2D eigenvalue weighted by Crippen LogP contribution is -2.16. The smallest absolute Gasteiger partial charge is 0.337 e. The molecule has 3 N–H and O–H groups in total. The predicted octanol–water partition coefficient (Wildman–Crippen LogP) is 6.45. The fraction of sp³-hybridized carbons (Fsp3) is 0.444. The van der Waals surface area contributed by atoms with Gasteiger partial charge in [-0.2, -0.15) is 0 Å². The zero-order chi connectivity index (χ0) is 24.7. The van der Waals surface area contributed by atoms with E-state index in [9.17, 15) is 14.7 Å². The molecule has 1 aromatic carbocycles. The number of hydrogen-bond acceptors (Lipinski definition) is 4. The quantitative estimate of drug-likeness (QED) is 0.405. The normalized spacial score (nSPS) is 13.9. The highest BCUT2D eigenvalue weighted by Gasteiger charge is 2.23. The van der Waals surface area contributed by atoms with Crippen LogP contribution in [-0.4, -0.2) is 26.5 Å². The number of rotatable bonds is 7. The first-order chi connectivity index (χ1) is 16.3. The van der Waals surface area contributed by atoms with Crippen LogP contribution in [0.15, 0.2) is 35.7 Å². The van der Waals surface area contributed by atoms with Crippen molar-refractivity contribution >= 4 is 23.2 Å². The monoisotopic (exact) mass is 481 g/mol. The van der Waals surface area contributed by atoms with Crippen LogP contribution in [0.2, 0.25) is 0 Å². The highest BCUT2D eigenvalue weighted by Crippen LogP contribution is 2.34. The number of thiazole rings is 1. The summed E-state index contributed by atoms with van der Waals surface area (Å²) in [5.41, 5.74) is 10.1. The summed E-state index contributed by atoms with van der Waals surface area (Å²) in [6.07, 6.45) is 7.70. The molecule has 1 fully saturated rings. The van der Waals surface area contributed by atoms with E-state index in [1.165, 1.54) is 37.7 Å². The van der Waals surface area contributed by atoms with Crippen molar-refractivity contribution in [2.75, 3.05) is 0 Å². The van der Waals surface area contributed by atoms with Gasteiger partial charge in [0.25, 0.3) is 0 Å². The Bertz CT molecular complexity index is 1110. The van der Waals surface area contributed by atoms with Crippen LogP contribution in [-0.2, 0) is 11.3 Å². The molecule has 7 heteroatoms. The standard InChI is InChI=1S/C23H26N2O2S.C4H9NO/c1-15-8-10-18(11-9-15)22-24-20(14-28-22)21-12-19(23(26)27)16(2)25(21)13-17-6-4-3-5-7-17;1-2-3-4(5)6/h8-12,14,17H,3-7,13H2,1-2H3,(H,26,27);2-3H2,1H3,(H2,5,6). The van der Waals surface area contributed by atoms with E-state index in [1.807, 2.05) is 19.2 Å². The van der Waals surface area contributed by atoms with E-state index in [4.69, 9.17) is 10.7 Å². The Balaban J connectivity index is 0.000000481. The number of hydrogen-bond donors (Lipinski definition) is 2. The zero-order valence-electron chi connectivity index (χ0n) is 20.3. The number of carboxylic acids is 1. The maximum Gasteiger partial charge on any atom is 0.337 e. The summed E-state index contributed by atoms with van der Waals surface area (Å²) in [4.78, 5) is 26.4. The first kappa shape index (κ1) is 25.7. The largest absolute Gasteiger partial charge is 0.478 e. The van der Waals surface area contributed by atoms with Crippen molar-refractivity contribution < 1.29 is 14.7 Å². The fourth-order valence-corrected chi connectivity index (χ4v) is 5.22. The number of carbonyl (C=O) groups excluding carboxylic acids is 1. The van der Waals surface area contributed by atoms with Gasteiger partial charge in [-0.25, -0.2) is 9.78 Å². The summed E-state index contributed by atoms with van der Waals surface area (Å²) in [7, 11) is 0. The number of primary amides is 1. The third kappa shape index (κ3) is 6.56. The maximum atomic E-state index is 11.7. The molecule has 3 aromatic rings. The Morgan fingerprint density at radius 2 is 1.82 bits per heavy atom. The highest BCUT2D eigenvalue weighted by atomic mass is 32.1. The van der Waals surface area contributed by atoms with Gasteiger partial charge in [0, 0.05) is 29.6 Å². The average molecular weight is 482 g/mol. The van der Waals surface area contributed by atoms with Gasteiger partial charge < -0.3 is 15.4 Å². The number of aromatic nitrogens is 2. The summed E-state index contributed by atoms with van der Waals surface area (Å²) in [6.45, 7) is 6.80. The van der Waals surface area contributed by atoms with Gasteiger partial charge >= 0.3 is 5.97 Å². The number of aromatic carboxylic acids is 1. The van der Waals surface area contributed by atoms with Crippen molar-refractivity contribution in [2.45, 2.75) is 72.3 Å². The van der Waals surface area contributed by atoms with Crippen molar-refractivity contribution in [1.82, 2.24) is 9.55 Å². The molecule has 1 saturated carbocycles. The van der Waals surface area contributed by atoms with Crippen LogP contribution in [0.4, 0.5) is 0 Å². The molecule has 1 amide bonds. The number of nitrogens with zero attached hydrogens (tertiary/aromatic N) is 2. The van der Waals surface area contributed by atoms with Crippen molar-refractivity contribution in [3.8, 4) is 22.0 Å². The molecule has 34 heavy (non-hydrogen) atoms. The van der Waals surface area contributed by atoms with Gasteiger partial charge in [0.15, 0.2) is 0 Å². The Labute approximate surface area is 205 Å². The van der Waals surface area contributed by atoms with Gasteiger partial charge in [-0.15, -0.1) is 11.3 Å². The summed E-state index contributed by atoms with van der Waals surface area (Å²) in [5, 5.41) is 12.7. The minimum atomic E-state index is -0.866. The first-order valence-corrected chi connectivity index (χ1v) is 12.9. The van der Waals surface area contributed by atoms with Gasteiger partial charge in [-0.3, -0.25) is 4.79 Å². The summed E-state index contributed by atoms with van der Waals surface area (Å²) >= 11 is 1.61. The molecule has 0 unspecified atom stereocenters. The van der Waals surface area contributed by atoms with Crippen molar-refractivity contribution in [3.63, 3.8) is 0 Å². The van der Waals surface area contributed by atoms with Crippen LogP contribution in [0.25, 0.3) is 22.0 Å². The van der Waals surface area contributed by atoms with E-state index < -0.39 is 5.97 Å². The molecule has 1 aliphatic carbocycles. The predicted molar refractivity (Wildman–Crippen MR) is 138 cm³/mol. The minimum absolute atomic E-state index is 0.211. The first-order valence-electron chi connectivity index (χ1n) is 12.0. The molecule has 1 aliphatic rings. The number of amides is 1. The number of nitrogens with two attached hydrogens (primary N) is 1. The Morgan fingerprint density at radius 1 is 1.15 bits per heavy atom. The Morgan fingerprint density at radius 3 is 2.38 bits per heavy atom. The lowest BCUT2D eigenvalue weighted by Gasteiger charge is -2.24. The van der Waals surface area contributed by atoms with Gasteiger partial charge in [0.05, 0.1) is 17.0 Å². The topological polar surface area (TPSA) is 98.2 Å². The Kier molecular flexibility index (Phi) is 9.05. The van der Waals surface area contributed by atoms with Gasteiger partial charge in [0.1, 0.15) is 5.01 Å². The van der Waals surface area contributed by atoms with E-state index in [0.717, 1.165) is 40.6 Å². The molecule has 0 bridgehead atoms. The second-order valence-corrected chi connectivity index (χ2v) is 9.93. The average Bonchev–Trinajstić information content (AvgIpc) is 3.41. The van der Waals surface area contributed by atoms with E-state index in [-0.39, 0.29) is 5.91 Å². The molecule has 182 valence electrons. The van der Waals surface area contributed by atoms with Crippen LogP contribution < -0.4 is 5.73 Å². The zero-order valence-corrected chi connectivity index (χ0v) is 21.2. The van der Waals surface area contributed by atoms with Crippen LogP contribution in [0.1, 0.15) is 73.5 Å². The SMILES string of the molecule is CCCC(N)=O.Cc1ccc(-c2nc(-c3cc(C(=O)O)c(C)n3CC3CCCCC3)cs2)cc1. The minimum Gasteiger partial charge on any atom is -0.478 e. The summed E-state index contributed by atoms with van der Waals surface area (Å²) < 4.78 is 2.19. The summed E-state index contributed by atoms with van der Waals surface area (Å²) in [6, 6.07) is 10.2. The van der Waals surface area contributed by atoms with Crippen LogP contribution in [0, 0.1) is 19.8 Å². The molecule has 0 atom stereocenters. The molecule has 6 nitrogen and oxygen atoms in total. The van der Waals surface area contributed by atoms with Gasteiger partial charge in [-0.1, -0.05) is 56.0 Å². The van der Waals surface area contributed by atoms with Crippen LogP contribution in [0.3, 0.4) is 0 Å². The number of aryl methyl sites for hydroxylation is 1. The van der Waals surface area contributed by atoms with Crippen LogP contribution in [0.5, 0.6) is 0 Å². The van der Waals surface area contributed by atoms with Crippen LogP contribution >= 0.6 is 11.3 Å². The third-order valence-corrected chi connectivity index (χ3v) is 7.22. The maximum absolute atomic E-state index is 11.7. The second kappa shape index (κ2) is 12.0. The summed E-state index contributed by atoms with van der Waals surface area (Å²) in [5.74, 6) is -0.455. The molecule has 0 saturated heterocycles. The van der Waals surface area contributed by atoms with Gasteiger partial charge in [0.2, 0.25) is 5.91 Å². The Hall–Kier alpha value is -2.93. The van der Waals surface area contributed by atoms with E-state index in [0.29, 0.717) is 17.9 Å². The molecular weight excluding hydrogens is 446 g/mol. The lowest BCUT2D eigenvalue weighted by molar-refractivity contribution is -0.118. The fourth-order valence-electron chi connectivity index (χ4n) is 4.40. The van der Waals surface area contributed by atoms with E-state index in [2.05, 4.69) is 35.8 Å². The van der Waals surface area contributed by atoms with Crippen molar-refractivity contribution in [3.05, 3.63) is 52.5 Å². The molecule has 0 aliphatic heterocycles. The number of carbonyl (C=O) groups is 2. The molecule has 0 spiro atoms. The van der Waals surface area contributed by atoms with Crippen molar-refractivity contribution in [1.29, 1.82) is 0 Å². The van der Waals surface area contributed by atoms with Crippen molar-refractivity contribution in [2.24, 2.45) is 11.7 Å². The third-order valence-electron chi connectivity index (χ3n) is 6.32. The number of benzene rings is 1. The molecular formula is C27H35N3O3S. The molecule has 0 radical (unpaired) electrons. The van der Waals surface area contributed by atoms with E-state index in [1.54, 1.807) is 17.4 Å². The molecule has 2 aromatic heterocycles. The second-order valence-electron chi connectivity index (χ2n) is 9.07.